The van der Waals surface area contributed by atoms with Crippen LogP contribution in [0.5, 0.6) is 5.75 Å². The van der Waals surface area contributed by atoms with Crippen molar-refractivity contribution in [2.24, 2.45) is 16.9 Å². The smallest absolute Gasteiger partial charge is 0.296 e. The number of nitrogens with one attached hydrogen (secondary N) is 1. The van der Waals surface area contributed by atoms with E-state index in [-0.39, 0.29) is 58.4 Å². The number of aryl methyl sites for hydroxylation is 1. The fourth-order valence-electron chi connectivity index (χ4n) is 5.48. The molecule has 0 saturated carbocycles. The van der Waals surface area contributed by atoms with Crippen LogP contribution in [0.3, 0.4) is 0 Å². The monoisotopic (exact) mass is 734 g/mol. The Kier molecular flexibility index (Phi) is 10.8. The Morgan fingerprint density at radius 2 is 1.51 bits per heavy atom. The summed E-state index contributed by atoms with van der Waals surface area (Å²) in [6.45, 7) is 3.01. The van der Waals surface area contributed by atoms with Gasteiger partial charge in [0.25, 0.3) is 30.4 Å². The zero-order chi connectivity index (χ0) is 36.5. The molecular weight excluding hydrogens is 697 g/mol. The Bertz CT molecular complexity index is 2210. The van der Waals surface area contributed by atoms with E-state index in [9.17, 15) is 38.9 Å². The number of hydrogen-bond acceptors (Lipinski definition) is 11. The van der Waals surface area contributed by atoms with Crippen molar-refractivity contribution >= 4 is 53.0 Å². The van der Waals surface area contributed by atoms with Gasteiger partial charge in [-0.2, -0.15) is 25.3 Å². The van der Waals surface area contributed by atoms with Crippen LogP contribution >= 0.6 is 0 Å². The lowest BCUT2D eigenvalue weighted by Crippen LogP contribution is -2.41. The van der Waals surface area contributed by atoms with Crippen molar-refractivity contribution in [2.75, 3.05) is 44.0 Å². The minimum absolute atomic E-state index is 0.0785. The van der Waals surface area contributed by atoms with E-state index in [1.54, 1.807) is 58.3 Å². The molecule has 0 aromatic heterocycles. The second-order valence-electron chi connectivity index (χ2n) is 11.5. The molecule has 0 amide bonds. The second-order valence-corrected chi connectivity index (χ2v) is 15.7. The number of anilines is 3. The van der Waals surface area contributed by atoms with Crippen LogP contribution in [0.25, 0.3) is 5.57 Å². The quantitative estimate of drug-likeness (QED) is 0.145. The molecule has 3 aromatic carbocycles. The summed E-state index contributed by atoms with van der Waals surface area (Å²) in [4.78, 5) is 0.229. The highest BCUT2D eigenvalue weighted by Gasteiger charge is 2.39. The maximum atomic E-state index is 12.7. The van der Waals surface area contributed by atoms with Gasteiger partial charge >= 0.3 is 0 Å². The van der Waals surface area contributed by atoms with Crippen molar-refractivity contribution < 1.29 is 43.6 Å². The number of allylic oxidation sites excluding steroid dienone is 3. The fraction of sp³-hybridized carbons (Fsp3) is 0.250. The SMILES string of the molecule is CCOc1cc(Nc2ccc(C)cc2S(=O)(=O)O)ccc1/C(=C1\C=CC(CN)(CN)C(S(=O)(=O)O)=C1)c1ccc(N(C)C)c(S(=O)(=O)O)c1. The van der Waals surface area contributed by atoms with Crippen LogP contribution in [-0.4, -0.2) is 72.7 Å². The van der Waals surface area contributed by atoms with Crippen molar-refractivity contribution in [3.63, 3.8) is 0 Å². The molecule has 1 aliphatic rings. The van der Waals surface area contributed by atoms with Gasteiger partial charge in [0.1, 0.15) is 15.5 Å². The molecule has 0 heterocycles. The van der Waals surface area contributed by atoms with Gasteiger partial charge in [0.2, 0.25) is 0 Å². The third kappa shape index (κ3) is 8.05. The molecule has 3 aromatic rings. The lowest BCUT2D eigenvalue weighted by atomic mass is 9.80. The second kappa shape index (κ2) is 14.0. The number of rotatable bonds is 12. The molecule has 264 valence electrons. The number of hydrogen-bond donors (Lipinski definition) is 6. The first-order chi connectivity index (χ1) is 22.8. The summed E-state index contributed by atoms with van der Waals surface area (Å²) in [7, 11) is -11.0. The predicted molar refractivity (Wildman–Crippen MR) is 188 cm³/mol. The average molecular weight is 735 g/mol. The Morgan fingerprint density at radius 3 is 2.06 bits per heavy atom. The number of nitrogens with zero attached hydrogens (tertiary/aromatic N) is 1. The molecule has 14 nitrogen and oxygen atoms in total. The average Bonchev–Trinajstić information content (AvgIpc) is 3.01. The highest BCUT2D eigenvalue weighted by atomic mass is 32.2. The summed E-state index contributed by atoms with van der Waals surface area (Å²) in [5.74, 6) is 0.199. The fourth-order valence-corrected chi connectivity index (χ4v) is 8.03. The van der Waals surface area contributed by atoms with Gasteiger partial charge < -0.3 is 26.4 Å². The molecule has 0 bridgehead atoms. The van der Waals surface area contributed by atoms with Gasteiger partial charge in [-0.3, -0.25) is 13.7 Å². The van der Waals surface area contributed by atoms with Crippen LogP contribution in [0, 0.1) is 12.3 Å². The van der Waals surface area contributed by atoms with Gasteiger partial charge in [-0.1, -0.05) is 24.3 Å². The van der Waals surface area contributed by atoms with E-state index < -0.39 is 45.6 Å². The Balaban J connectivity index is 2.07. The molecule has 0 atom stereocenters. The third-order valence-electron chi connectivity index (χ3n) is 7.91. The summed E-state index contributed by atoms with van der Waals surface area (Å²) in [5, 5.41) is 2.97. The zero-order valence-electron chi connectivity index (χ0n) is 27.1. The van der Waals surface area contributed by atoms with Crippen molar-refractivity contribution in [1.82, 2.24) is 0 Å². The van der Waals surface area contributed by atoms with Gasteiger partial charge in [0.05, 0.1) is 28.3 Å². The molecule has 49 heavy (non-hydrogen) atoms. The van der Waals surface area contributed by atoms with E-state index in [0.717, 1.165) is 0 Å². The van der Waals surface area contributed by atoms with Crippen molar-refractivity contribution in [2.45, 2.75) is 23.6 Å². The summed E-state index contributed by atoms with van der Waals surface area (Å²) in [6.07, 6.45) is 4.20. The van der Waals surface area contributed by atoms with E-state index in [0.29, 0.717) is 16.8 Å². The third-order valence-corrected chi connectivity index (χ3v) is 10.8. The predicted octanol–water partition coefficient (Wildman–Crippen LogP) is 3.74. The molecule has 17 heteroatoms. The summed E-state index contributed by atoms with van der Waals surface area (Å²) in [5.41, 5.74) is 12.6. The first kappa shape index (κ1) is 37.7. The topological polar surface area (TPSA) is 240 Å². The highest BCUT2D eigenvalue weighted by molar-refractivity contribution is 7.89. The maximum absolute atomic E-state index is 12.7. The van der Waals surface area contributed by atoms with Crippen LogP contribution in [0.4, 0.5) is 17.1 Å². The first-order valence-electron chi connectivity index (χ1n) is 14.7. The zero-order valence-corrected chi connectivity index (χ0v) is 29.5. The van der Waals surface area contributed by atoms with Crippen LogP contribution in [0.2, 0.25) is 0 Å². The van der Waals surface area contributed by atoms with Gasteiger partial charge in [-0.25, -0.2) is 0 Å². The van der Waals surface area contributed by atoms with Crippen LogP contribution < -0.4 is 26.4 Å². The summed E-state index contributed by atoms with van der Waals surface area (Å²) in [6, 6.07) is 13.4. The van der Waals surface area contributed by atoms with Crippen LogP contribution in [-0.2, 0) is 30.4 Å². The molecule has 0 unspecified atom stereocenters. The van der Waals surface area contributed by atoms with E-state index in [1.807, 2.05) is 0 Å². The standard InChI is InChI=1S/C32H38N4O10S3/c1-5-46-27-17-23(35-25-10-6-20(2)14-28(25)47(37,38)39)8-9-24(27)31(21-7-11-26(36(3)4)29(15-21)48(40,41)42)22-12-13-32(18-33,19-34)30(16-22)49(43,44)45/h6-17,35H,5,18-19,33-34H2,1-4H3,(H,37,38,39)(H,40,41,42)(H,43,44,45)/b31-22+. The molecule has 0 radical (unpaired) electrons. The minimum Gasteiger partial charge on any atom is -0.493 e. The van der Waals surface area contributed by atoms with E-state index in [4.69, 9.17) is 16.2 Å². The normalized spacial score (nSPS) is 15.8. The Labute approximate surface area is 286 Å². The van der Waals surface area contributed by atoms with E-state index in [1.165, 1.54) is 47.4 Å². The molecule has 4 rings (SSSR count). The van der Waals surface area contributed by atoms with Gasteiger partial charge in [-0.05, 0) is 78.6 Å². The first-order valence-corrected chi connectivity index (χ1v) is 19.0. The molecule has 0 spiro atoms. The Morgan fingerprint density at radius 1 is 0.857 bits per heavy atom. The molecule has 0 fully saturated rings. The highest BCUT2D eigenvalue weighted by Crippen LogP contribution is 2.43. The summed E-state index contributed by atoms with van der Waals surface area (Å²) < 4.78 is 111. The van der Waals surface area contributed by atoms with E-state index in [2.05, 4.69) is 5.32 Å². The molecule has 0 saturated heterocycles. The molecule has 0 aliphatic heterocycles. The largest absolute Gasteiger partial charge is 0.493 e. The van der Waals surface area contributed by atoms with Gasteiger partial charge in [0, 0.05) is 44.5 Å². The van der Waals surface area contributed by atoms with Crippen LogP contribution in [0.15, 0.2) is 93.1 Å². The van der Waals surface area contributed by atoms with Crippen LogP contribution in [0.1, 0.15) is 23.6 Å². The molecular formula is C32H38N4O10S3. The van der Waals surface area contributed by atoms with Crippen molar-refractivity contribution in [3.05, 3.63) is 100.0 Å². The lowest BCUT2D eigenvalue weighted by Gasteiger charge is -2.32. The molecule has 8 N–H and O–H groups in total. The van der Waals surface area contributed by atoms with Crippen molar-refractivity contribution in [1.29, 1.82) is 0 Å². The number of nitrogens with two attached hydrogens (primary N) is 2. The number of ether oxygens (including phenoxy) is 1. The summed E-state index contributed by atoms with van der Waals surface area (Å²) >= 11 is 0. The molecule has 1 aliphatic carbocycles. The van der Waals surface area contributed by atoms with Gasteiger partial charge in [-0.15, -0.1) is 0 Å². The van der Waals surface area contributed by atoms with E-state index >= 15 is 0 Å². The Hall–Kier alpha value is -4.07. The number of benzene rings is 3. The lowest BCUT2D eigenvalue weighted by molar-refractivity contribution is 0.339. The van der Waals surface area contributed by atoms with Gasteiger partial charge in [0.15, 0.2) is 0 Å². The minimum atomic E-state index is -4.86. The maximum Gasteiger partial charge on any atom is 0.296 e. The van der Waals surface area contributed by atoms with Crippen molar-refractivity contribution in [3.8, 4) is 5.75 Å².